The number of hydrogen-bond acceptors (Lipinski definition) is 3. The molecule has 1 aromatic carbocycles. The zero-order chi connectivity index (χ0) is 13.0. The molecule has 0 atom stereocenters. The summed E-state index contributed by atoms with van der Waals surface area (Å²) in [6.07, 6.45) is 0. The largest absolute Gasteiger partial charge is 0.398 e. The van der Waals surface area contributed by atoms with Gasteiger partial charge in [0.05, 0.1) is 0 Å². The van der Waals surface area contributed by atoms with Crippen LogP contribution < -0.4 is 5.73 Å². The van der Waals surface area contributed by atoms with Gasteiger partial charge in [-0.2, -0.15) is 0 Å². The predicted molar refractivity (Wildman–Crippen MR) is 82.7 cm³/mol. The molecule has 1 heterocycles. The Bertz CT molecular complexity index is 497. The molecule has 1 aromatic heterocycles. The molecule has 18 heavy (non-hydrogen) atoms. The number of benzene rings is 1. The van der Waals surface area contributed by atoms with Crippen molar-refractivity contribution in [3.63, 3.8) is 0 Å². The first-order valence-electron chi connectivity index (χ1n) is 5.97. The van der Waals surface area contributed by atoms with Gasteiger partial charge in [-0.3, -0.25) is 4.90 Å². The summed E-state index contributed by atoms with van der Waals surface area (Å²) in [6.45, 7) is 5.20. The van der Waals surface area contributed by atoms with Gasteiger partial charge in [0.25, 0.3) is 0 Å². The first-order valence-corrected chi connectivity index (χ1v) is 7.65. The van der Waals surface area contributed by atoms with Gasteiger partial charge >= 0.3 is 0 Å². The van der Waals surface area contributed by atoms with Gasteiger partial charge in [-0.05, 0) is 51.6 Å². The van der Waals surface area contributed by atoms with E-state index >= 15 is 0 Å². The second-order valence-corrected chi connectivity index (χ2v) is 6.13. The Morgan fingerprint density at radius 2 is 2.11 bits per heavy atom. The molecule has 2 aromatic rings. The number of nitrogen functional groups attached to an aromatic ring is 1. The number of rotatable bonds is 5. The van der Waals surface area contributed by atoms with E-state index in [9.17, 15) is 0 Å². The monoisotopic (exact) mass is 324 g/mol. The van der Waals surface area contributed by atoms with Crippen molar-refractivity contribution < 1.29 is 0 Å². The number of anilines is 1. The first kappa shape index (κ1) is 13.6. The van der Waals surface area contributed by atoms with Crippen LogP contribution in [0.25, 0.3) is 0 Å². The molecular formula is C14H17BrN2S. The van der Waals surface area contributed by atoms with Crippen LogP contribution in [0, 0.1) is 0 Å². The van der Waals surface area contributed by atoms with Gasteiger partial charge < -0.3 is 5.73 Å². The van der Waals surface area contributed by atoms with Gasteiger partial charge in [0.15, 0.2) is 0 Å². The van der Waals surface area contributed by atoms with Crippen LogP contribution in [-0.4, -0.2) is 11.4 Å². The Hall–Kier alpha value is -0.840. The first-order chi connectivity index (χ1) is 8.69. The maximum Gasteiger partial charge on any atom is 0.0458 e. The van der Waals surface area contributed by atoms with E-state index in [4.69, 9.17) is 5.73 Å². The molecule has 4 heteroatoms. The van der Waals surface area contributed by atoms with Gasteiger partial charge in [0.2, 0.25) is 0 Å². The minimum absolute atomic E-state index is 0.792. The number of hydrogen-bond donors (Lipinski definition) is 1. The highest BCUT2D eigenvalue weighted by atomic mass is 79.9. The lowest BCUT2D eigenvalue weighted by Gasteiger charge is -2.20. The maximum absolute atomic E-state index is 5.80. The molecule has 0 aliphatic heterocycles. The maximum atomic E-state index is 5.80. The molecule has 0 fully saturated rings. The topological polar surface area (TPSA) is 29.3 Å². The summed E-state index contributed by atoms with van der Waals surface area (Å²) >= 11 is 5.29. The Balaban J connectivity index is 2.03. The lowest BCUT2D eigenvalue weighted by Crippen LogP contribution is -2.21. The molecule has 0 spiro atoms. The Kier molecular flexibility index (Phi) is 4.80. The van der Waals surface area contributed by atoms with Gasteiger partial charge in [0.1, 0.15) is 0 Å². The average Bonchev–Trinajstić information content (AvgIpc) is 2.86. The van der Waals surface area contributed by atoms with Gasteiger partial charge in [-0.15, -0.1) is 11.3 Å². The van der Waals surface area contributed by atoms with E-state index in [1.807, 2.05) is 17.4 Å². The molecular weight excluding hydrogens is 308 g/mol. The summed E-state index contributed by atoms with van der Waals surface area (Å²) < 4.78 is 0.979. The van der Waals surface area contributed by atoms with Crippen molar-refractivity contribution in [2.75, 3.05) is 12.3 Å². The molecule has 0 saturated carbocycles. The van der Waals surface area contributed by atoms with Crippen LogP contribution in [0.5, 0.6) is 0 Å². The zero-order valence-corrected chi connectivity index (χ0v) is 12.8. The van der Waals surface area contributed by atoms with Crippen LogP contribution >= 0.6 is 27.3 Å². The molecule has 0 aliphatic rings. The predicted octanol–water partition coefficient (Wildman–Crippen LogP) is 4.11. The third-order valence-corrected chi connectivity index (χ3v) is 4.43. The minimum atomic E-state index is 0.792. The second-order valence-electron chi connectivity index (χ2n) is 4.24. The normalized spacial score (nSPS) is 11.1. The third kappa shape index (κ3) is 3.57. The van der Waals surface area contributed by atoms with Gasteiger partial charge in [-0.1, -0.05) is 19.1 Å². The molecule has 0 bridgehead atoms. The highest BCUT2D eigenvalue weighted by Crippen LogP contribution is 2.22. The summed E-state index contributed by atoms with van der Waals surface area (Å²) in [5.74, 6) is 0. The van der Waals surface area contributed by atoms with Crippen molar-refractivity contribution in [3.05, 3.63) is 50.6 Å². The smallest absolute Gasteiger partial charge is 0.0458 e. The summed E-state index contributed by atoms with van der Waals surface area (Å²) in [5.41, 5.74) is 7.88. The fourth-order valence-electron chi connectivity index (χ4n) is 1.83. The average molecular weight is 325 g/mol. The third-order valence-electron chi connectivity index (χ3n) is 2.88. The van der Waals surface area contributed by atoms with Crippen LogP contribution in [0.1, 0.15) is 17.4 Å². The van der Waals surface area contributed by atoms with E-state index in [2.05, 4.69) is 57.4 Å². The quantitative estimate of drug-likeness (QED) is 0.838. The van der Waals surface area contributed by atoms with Crippen LogP contribution in [-0.2, 0) is 13.1 Å². The van der Waals surface area contributed by atoms with E-state index in [0.717, 1.165) is 29.8 Å². The molecule has 2 nitrogen and oxygen atoms in total. The fraction of sp³-hybridized carbons (Fsp3) is 0.286. The van der Waals surface area contributed by atoms with Crippen molar-refractivity contribution in [2.24, 2.45) is 0 Å². The number of nitrogens with zero attached hydrogens (tertiary/aromatic N) is 1. The number of thiophene rings is 1. The summed E-state index contributed by atoms with van der Waals surface area (Å²) in [5, 5.41) is 2.13. The lowest BCUT2D eigenvalue weighted by molar-refractivity contribution is 0.274. The molecule has 2 N–H and O–H groups in total. The number of nitrogens with two attached hydrogens (primary N) is 1. The van der Waals surface area contributed by atoms with Crippen molar-refractivity contribution in [1.29, 1.82) is 0 Å². The second kappa shape index (κ2) is 6.36. The van der Waals surface area contributed by atoms with Crippen LogP contribution in [0.2, 0.25) is 0 Å². The Labute approximate surface area is 121 Å². The summed E-state index contributed by atoms with van der Waals surface area (Å²) in [7, 11) is 0. The zero-order valence-electron chi connectivity index (χ0n) is 10.4. The Morgan fingerprint density at radius 3 is 2.72 bits per heavy atom. The molecule has 2 rings (SSSR count). The van der Waals surface area contributed by atoms with E-state index in [1.165, 1.54) is 10.4 Å². The molecule has 0 unspecified atom stereocenters. The van der Waals surface area contributed by atoms with Gasteiger partial charge in [-0.25, -0.2) is 0 Å². The lowest BCUT2D eigenvalue weighted by atomic mass is 10.2. The van der Waals surface area contributed by atoms with Gasteiger partial charge in [0, 0.05) is 28.1 Å². The minimum Gasteiger partial charge on any atom is -0.398 e. The number of halogens is 1. The van der Waals surface area contributed by atoms with Crippen LogP contribution in [0.4, 0.5) is 5.69 Å². The van der Waals surface area contributed by atoms with Crippen molar-refractivity contribution in [2.45, 2.75) is 20.0 Å². The van der Waals surface area contributed by atoms with E-state index < -0.39 is 0 Å². The molecule has 0 aliphatic carbocycles. The summed E-state index contributed by atoms with van der Waals surface area (Å²) in [6, 6.07) is 10.4. The molecule has 0 amide bonds. The SMILES string of the molecule is CCN(Cc1ccc(N)c(Br)c1)Cc1cccs1. The fourth-order valence-corrected chi connectivity index (χ4v) is 3.00. The van der Waals surface area contributed by atoms with E-state index in [0.29, 0.717) is 0 Å². The van der Waals surface area contributed by atoms with Crippen molar-refractivity contribution in [3.8, 4) is 0 Å². The van der Waals surface area contributed by atoms with Crippen LogP contribution in [0.15, 0.2) is 40.2 Å². The highest BCUT2D eigenvalue weighted by molar-refractivity contribution is 9.10. The van der Waals surface area contributed by atoms with Crippen molar-refractivity contribution in [1.82, 2.24) is 4.90 Å². The molecule has 0 radical (unpaired) electrons. The van der Waals surface area contributed by atoms with Crippen LogP contribution in [0.3, 0.4) is 0 Å². The summed E-state index contributed by atoms with van der Waals surface area (Å²) in [4.78, 5) is 3.83. The highest BCUT2D eigenvalue weighted by Gasteiger charge is 2.06. The Morgan fingerprint density at radius 1 is 1.28 bits per heavy atom. The molecule has 0 saturated heterocycles. The van der Waals surface area contributed by atoms with E-state index in [1.54, 1.807) is 0 Å². The standard InChI is InChI=1S/C14H17BrN2S/c1-2-17(10-12-4-3-7-18-12)9-11-5-6-14(16)13(15)8-11/h3-8H,2,9-10,16H2,1H3. The molecule has 96 valence electrons. The van der Waals surface area contributed by atoms with Crippen molar-refractivity contribution >= 4 is 33.0 Å². The van der Waals surface area contributed by atoms with E-state index in [-0.39, 0.29) is 0 Å².